The lowest BCUT2D eigenvalue weighted by molar-refractivity contribution is -0.121. The molecule has 1 atom stereocenters. The SMILES string of the molecule is CC(C)CC(=O)NCC1CCN(Cc2cccc(C#N)c2)C1. The number of hydrogen-bond donors (Lipinski definition) is 1. The van der Waals surface area contributed by atoms with Gasteiger partial charge in [-0.05, 0) is 42.5 Å². The highest BCUT2D eigenvalue weighted by Crippen LogP contribution is 2.18. The highest BCUT2D eigenvalue weighted by molar-refractivity contribution is 5.76. The molecule has 0 bridgehead atoms. The maximum Gasteiger partial charge on any atom is 0.220 e. The molecule has 1 N–H and O–H groups in total. The average molecular weight is 299 g/mol. The number of amides is 1. The molecule has 1 aliphatic rings. The molecule has 4 nitrogen and oxygen atoms in total. The number of carbonyl (C=O) groups is 1. The zero-order valence-electron chi connectivity index (χ0n) is 13.5. The monoisotopic (exact) mass is 299 g/mol. The van der Waals surface area contributed by atoms with Crippen LogP contribution in [0.5, 0.6) is 0 Å². The minimum Gasteiger partial charge on any atom is -0.356 e. The second-order valence-corrected chi connectivity index (χ2v) is 6.60. The first-order valence-electron chi connectivity index (χ1n) is 8.05. The van der Waals surface area contributed by atoms with Crippen LogP contribution in [-0.2, 0) is 11.3 Å². The maximum atomic E-state index is 11.7. The number of hydrogen-bond acceptors (Lipinski definition) is 3. The maximum absolute atomic E-state index is 11.7. The van der Waals surface area contributed by atoms with Gasteiger partial charge in [-0.2, -0.15) is 5.26 Å². The third kappa shape index (κ3) is 5.16. The van der Waals surface area contributed by atoms with Crippen molar-refractivity contribution in [3.63, 3.8) is 0 Å². The Labute approximate surface area is 133 Å². The molecule has 0 aromatic heterocycles. The van der Waals surface area contributed by atoms with E-state index in [0.717, 1.165) is 32.6 Å². The molecule has 2 rings (SSSR count). The Kier molecular flexibility index (Phi) is 5.97. The number of nitriles is 1. The predicted octanol–water partition coefficient (Wildman–Crippen LogP) is 2.54. The van der Waals surface area contributed by atoms with Crippen LogP contribution in [0.1, 0.15) is 37.8 Å². The van der Waals surface area contributed by atoms with Crippen molar-refractivity contribution in [2.24, 2.45) is 11.8 Å². The molecule has 0 spiro atoms. The van der Waals surface area contributed by atoms with Crippen molar-refractivity contribution in [2.75, 3.05) is 19.6 Å². The Morgan fingerprint density at radius 3 is 3.05 bits per heavy atom. The summed E-state index contributed by atoms with van der Waals surface area (Å²) >= 11 is 0. The Hall–Kier alpha value is -1.86. The Morgan fingerprint density at radius 2 is 2.32 bits per heavy atom. The molecule has 0 radical (unpaired) electrons. The molecule has 1 heterocycles. The second kappa shape index (κ2) is 7.95. The van der Waals surface area contributed by atoms with Crippen molar-refractivity contribution in [3.05, 3.63) is 35.4 Å². The van der Waals surface area contributed by atoms with Crippen molar-refractivity contribution in [1.82, 2.24) is 10.2 Å². The van der Waals surface area contributed by atoms with Crippen molar-refractivity contribution >= 4 is 5.91 Å². The van der Waals surface area contributed by atoms with Gasteiger partial charge in [0.05, 0.1) is 11.6 Å². The van der Waals surface area contributed by atoms with Gasteiger partial charge in [-0.1, -0.05) is 26.0 Å². The van der Waals surface area contributed by atoms with Crippen LogP contribution in [0.3, 0.4) is 0 Å². The van der Waals surface area contributed by atoms with Gasteiger partial charge in [0.25, 0.3) is 0 Å². The molecule has 1 aromatic rings. The summed E-state index contributed by atoms with van der Waals surface area (Å²) in [6.45, 7) is 7.85. The summed E-state index contributed by atoms with van der Waals surface area (Å²) in [6.07, 6.45) is 1.73. The molecular formula is C18H25N3O. The van der Waals surface area contributed by atoms with Crippen LogP contribution in [-0.4, -0.2) is 30.4 Å². The highest BCUT2D eigenvalue weighted by Gasteiger charge is 2.22. The van der Waals surface area contributed by atoms with E-state index in [1.54, 1.807) is 0 Å². The Bertz CT molecular complexity index is 548. The van der Waals surface area contributed by atoms with Crippen LogP contribution in [0.25, 0.3) is 0 Å². The van der Waals surface area contributed by atoms with E-state index in [9.17, 15) is 4.79 Å². The van der Waals surface area contributed by atoms with Crippen molar-refractivity contribution in [2.45, 2.75) is 33.2 Å². The van der Waals surface area contributed by atoms with E-state index in [0.29, 0.717) is 23.8 Å². The van der Waals surface area contributed by atoms with Gasteiger partial charge >= 0.3 is 0 Å². The molecule has 1 aromatic carbocycles. The molecule has 1 fully saturated rings. The predicted molar refractivity (Wildman–Crippen MR) is 87.0 cm³/mol. The highest BCUT2D eigenvalue weighted by atomic mass is 16.1. The number of nitrogens with one attached hydrogen (secondary N) is 1. The van der Waals surface area contributed by atoms with E-state index in [4.69, 9.17) is 5.26 Å². The van der Waals surface area contributed by atoms with Crippen LogP contribution in [0, 0.1) is 23.2 Å². The van der Waals surface area contributed by atoms with Crippen LogP contribution < -0.4 is 5.32 Å². The van der Waals surface area contributed by atoms with Gasteiger partial charge < -0.3 is 5.32 Å². The van der Waals surface area contributed by atoms with Crippen LogP contribution in [0.4, 0.5) is 0 Å². The minimum absolute atomic E-state index is 0.162. The molecular weight excluding hydrogens is 274 g/mol. The van der Waals surface area contributed by atoms with Gasteiger partial charge in [-0.25, -0.2) is 0 Å². The van der Waals surface area contributed by atoms with Crippen LogP contribution >= 0.6 is 0 Å². The normalized spacial score (nSPS) is 18.4. The fourth-order valence-electron chi connectivity index (χ4n) is 2.92. The Morgan fingerprint density at radius 1 is 1.50 bits per heavy atom. The average Bonchev–Trinajstić information content (AvgIpc) is 2.92. The summed E-state index contributed by atoms with van der Waals surface area (Å²) in [5.41, 5.74) is 1.90. The molecule has 0 saturated carbocycles. The minimum atomic E-state index is 0.162. The molecule has 1 amide bonds. The topological polar surface area (TPSA) is 56.1 Å². The number of nitrogens with zero attached hydrogens (tertiary/aromatic N) is 2. The molecule has 118 valence electrons. The first-order chi connectivity index (χ1) is 10.6. The van der Waals surface area contributed by atoms with Gasteiger partial charge in [0.1, 0.15) is 0 Å². The van der Waals surface area contributed by atoms with Gasteiger partial charge in [-0.3, -0.25) is 9.69 Å². The fraction of sp³-hybridized carbons (Fsp3) is 0.556. The molecule has 4 heteroatoms. The largest absolute Gasteiger partial charge is 0.356 e. The third-order valence-electron chi connectivity index (χ3n) is 4.01. The van der Waals surface area contributed by atoms with Crippen molar-refractivity contribution in [1.29, 1.82) is 5.26 Å². The summed E-state index contributed by atoms with van der Waals surface area (Å²) in [6, 6.07) is 9.98. The summed E-state index contributed by atoms with van der Waals surface area (Å²) in [5.74, 6) is 1.11. The van der Waals surface area contributed by atoms with Gasteiger partial charge in [-0.15, -0.1) is 0 Å². The lowest BCUT2D eigenvalue weighted by Crippen LogP contribution is -2.31. The zero-order valence-corrected chi connectivity index (χ0v) is 13.5. The van der Waals surface area contributed by atoms with Gasteiger partial charge in [0, 0.05) is 26.1 Å². The lowest BCUT2D eigenvalue weighted by atomic mass is 10.1. The molecule has 0 aliphatic carbocycles. The van der Waals surface area contributed by atoms with E-state index < -0.39 is 0 Å². The lowest BCUT2D eigenvalue weighted by Gasteiger charge is -2.16. The molecule has 1 saturated heterocycles. The zero-order chi connectivity index (χ0) is 15.9. The number of likely N-dealkylation sites (tertiary alicyclic amines) is 1. The first kappa shape index (κ1) is 16.5. The molecule has 1 unspecified atom stereocenters. The third-order valence-corrected chi connectivity index (χ3v) is 4.01. The number of benzene rings is 1. The van der Waals surface area contributed by atoms with Gasteiger partial charge in [0.2, 0.25) is 5.91 Å². The summed E-state index contributed by atoms with van der Waals surface area (Å²) < 4.78 is 0. The molecule has 22 heavy (non-hydrogen) atoms. The Balaban J connectivity index is 1.75. The number of rotatable bonds is 6. The van der Waals surface area contributed by atoms with Crippen molar-refractivity contribution < 1.29 is 4.79 Å². The van der Waals surface area contributed by atoms with E-state index in [-0.39, 0.29) is 5.91 Å². The van der Waals surface area contributed by atoms with E-state index in [2.05, 4.69) is 36.2 Å². The summed E-state index contributed by atoms with van der Waals surface area (Å²) in [5, 5.41) is 12.0. The standard InChI is InChI=1S/C18H25N3O/c1-14(2)8-18(22)20-11-17-6-7-21(13-17)12-16-5-3-4-15(9-16)10-19/h3-5,9,14,17H,6-8,11-13H2,1-2H3,(H,20,22). The van der Waals surface area contributed by atoms with Crippen molar-refractivity contribution in [3.8, 4) is 6.07 Å². The van der Waals surface area contributed by atoms with Gasteiger partial charge in [0.15, 0.2) is 0 Å². The first-order valence-corrected chi connectivity index (χ1v) is 8.05. The van der Waals surface area contributed by atoms with Crippen LogP contribution in [0.15, 0.2) is 24.3 Å². The second-order valence-electron chi connectivity index (χ2n) is 6.60. The summed E-state index contributed by atoms with van der Waals surface area (Å²) in [4.78, 5) is 14.1. The fourth-order valence-corrected chi connectivity index (χ4v) is 2.92. The number of carbonyl (C=O) groups excluding carboxylic acids is 1. The van der Waals surface area contributed by atoms with E-state index in [1.165, 1.54) is 5.56 Å². The molecule has 1 aliphatic heterocycles. The summed E-state index contributed by atoms with van der Waals surface area (Å²) in [7, 11) is 0. The van der Waals surface area contributed by atoms with E-state index in [1.807, 2.05) is 18.2 Å². The smallest absolute Gasteiger partial charge is 0.220 e. The van der Waals surface area contributed by atoms with E-state index >= 15 is 0 Å². The quantitative estimate of drug-likeness (QED) is 0.878. The van der Waals surface area contributed by atoms with Crippen LogP contribution in [0.2, 0.25) is 0 Å².